The second-order valence-electron chi connectivity index (χ2n) is 9.63. The number of unbranched alkanes of at least 4 members (excludes halogenated alkanes) is 4. The van der Waals surface area contributed by atoms with Crippen LogP contribution in [0.2, 0.25) is 0 Å². The average molecular weight is 434 g/mol. The number of aliphatic hydroxyl groups is 1. The summed E-state index contributed by atoms with van der Waals surface area (Å²) in [6, 6.07) is 19.8. The number of nitriles is 1. The van der Waals surface area contributed by atoms with Gasteiger partial charge in [0.2, 0.25) is 0 Å². The summed E-state index contributed by atoms with van der Waals surface area (Å²) in [6.07, 6.45) is 10.2. The maximum Gasteiger partial charge on any atom is 0.119 e. The second-order valence-corrected chi connectivity index (χ2v) is 9.63. The molecule has 1 fully saturated rings. The van der Waals surface area contributed by atoms with Gasteiger partial charge in [0.1, 0.15) is 5.75 Å². The highest BCUT2D eigenvalue weighted by atomic mass is 16.5. The van der Waals surface area contributed by atoms with Gasteiger partial charge in [0.15, 0.2) is 0 Å². The standard InChI is InChI=1S/C29H39NO2/c1-3-4-5-6-7-20-32-28-14-12-26(13-15-28)24-8-10-25(11-9-24)27-16-18-29(22-30,19-17-27)21-23(2)31/h8-15,23,27,31H,3-7,16-21H2,1-2H3. The molecule has 0 saturated heterocycles. The highest BCUT2D eigenvalue weighted by molar-refractivity contribution is 5.64. The maximum absolute atomic E-state index is 9.76. The molecule has 3 nitrogen and oxygen atoms in total. The third-order valence-electron chi connectivity index (χ3n) is 6.95. The molecule has 1 atom stereocenters. The monoisotopic (exact) mass is 433 g/mol. The van der Waals surface area contributed by atoms with Crippen LogP contribution in [0.3, 0.4) is 0 Å². The Hall–Kier alpha value is -2.31. The van der Waals surface area contributed by atoms with Crippen LogP contribution in [0.5, 0.6) is 5.75 Å². The number of ether oxygens (including phenoxy) is 1. The van der Waals surface area contributed by atoms with E-state index in [4.69, 9.17) is 4.74 Å². The van der Waals surface area contributed by atoms with E-state index in [0.717, 1.165) is 44.5 Å². The average Bonchev–Trinajstić information content (AvgIpc) is 2.82. The minimum absolute atomic E-state index is 0.343. The van der Waals surface area contributed by atoms with Gasteiger partial charge in [0.05, 0.1) is 24.2 Å². The number of benzene rings is 2. The van der Waals surface area contributed by atoms with Gasteiger partial charge in [-0.15, -0.1) is 0 Å². The fourth-order valence-electron chi connectivity index (χ4n) is 5.02. The number of nitrogens with zero attached hydrogens (tertiary/aromatic N) is 1. The molecule has 0 amide bonds. The molecular formula is C29H39NO2. The van der Waals surface area contributed by atoms with Crippen molar-refractivity contribution in [3.8, 4) is 22.9 Å². The topological polar surface area (TPSA) is 53.2 Å². The molecule has 1 aliphatic rings. The highest BCUT2D eigenvalue weighted by Gasteiger charge is 2.36. The third-order valence-corrected chi connectivity index (χ3v) is 6.95. The van der Waals surface area contributed by atoms with Gasteiger partial charge in [0, 0.05) is 0 Å². The largest absolute Gasteiger partial charge is 0.494 e. The summed E-state index contributed by atoms with van der Waals surface area (Å²) >= 11 is 0. The summed E-state index contributed by atoms with van der Waals surface area (Å²) < 4.78 is 5.89. The van der Waals surface area contributed by atoms with Crippen LogP contribution in [0.4, 0.5) is 0 Å². The van der Waals surface area contributed by atoms with Crippen molar-refractivity contribution in [2.45, 2.75) is 90.1 Å². The molecule has 1 unspecified atom stereocenters. The molecule has 0 aromatic heterocycles. The minimum Gasteiger partial charge on any atom is -0.494 e. The van der Waals surface area contributed by atoms with Gasteiger partial charge in [-0.3, -0.25) is 0 Å². The first-order valence-corrected chi connectivity index (χ1v) is 12.5. The van der Waals surface area contributed by atoms with Crippen molar-refractivity contribution >= 4 is 0 Å². The molecule has 0 radical (unpaired) electrons. The van der Waals surface area contributed by atoms with Gasteiger partial charge in [-0.05, 0) is 80.2 Å². The fourth-order valence-corrected chi connectivity index (χ4v) is 5.02. The number of aliphatic hydroxyl groups excluding tert-OH is 1. The lowest BCUT2D eigenvalue weighted by Crippen LogP contribution is -2.29. The molecule has 3 heteroatoms. The van der Waals surface area contributed by atoms with Crippen LogP contribution < -0.4 is 4.74 Å². The van der Waals surface area contributed by atoms with Crippen molar-refractivity contribution in [1.29, 1.82) is 5.26 Å². The molecule has 1 N–H and O–H groups in total. The summed E-state index contributed by atoms with van der Waals surface area (Å²) in [5.74, 6) is 1.45. The van der Waals surface area contributed by atoms with E-state index in [0.29, 0.717) is 12.3 Å². The zero-order valence-corrected chi connectivity index (χ0v) is 19.9. The van der Waals surface area contributed by atoms with E-state index in [-0.39, 0.29) is 5.41 Å². The van der Waals surface area contributed by atoms with Crippen molar-refractivity contribution in [2.75, 3.05) is 6.61 Å². The Balaban J connectivity index is 1.51. The lowest BCUT2D eigenvalue weighted by molar-refractivity contribution is 0.111. The summed E-state index contributed by atoms with van der Waals surface area (Å²) in [4.78, 5) is 0. The Bertz CT molecular complexity index is 840. The number of hydrogen-bond acceptors (Lipinski definition) is 3. The van der Waals surface area contributed by atoms with Crippen LogP contribution >= 0.6 is 0 Å². The molecule has 1 aliphatic carbocycles. The van der Waals surface area contributed by atoms with Crippen LogP contribution in [0, 0.1) is 16.7 Å². The first-order chi connectivity index (χ1) is 15.5. The van der Waals surface area contributed by atoms with E-state index in [1.807, 2.05) is 0 Å². The summed E-state index contributed by atoms with van der Waals surface area (Å²) in [5, 5.41) is 19.4. The van der Waals surface area contributed by atoms with Gasteiger partial charge < -0.3 is 9.84 Å². The SMILES string of the molecule is CCCCCCCOc1ccc(-c2ccc(C3CCC(C#N)(CC(C)O)CC3)cc2)cc1. The lowest BCUT2D eigenvalue weighted by atomic mass is 9.67. The number of rotatable bonds is 11. The molecule has 172 valence electrons. The summed E-state index contributed by atoms with van der Waals surface area (Å²) in [6.45, 7) is 4.82. The molecule has 0 spiro atoms. The predicted octanol–water partition coefficient (Wildman–Crippen LogP) is 7.64. The highest BCUT2D eigenvalue weighted by Crippen LogP contribution is 2.45. The fraction of sp³-hybridized carbons (Fsp3) is 0.552. The van der Waals surface area contributed by atoms with Crippen molar-refractivity contribution in [3.05, 3.63) is 54.1 Å². The van der Waals surface area contributed by atoms with Gasteiger partial charge >= 0.3 is 0 Å². The van der Waals surface area contributed by atoms with E-state index in [2.05, 4.69) is 61.5 Å². The minimum atomic E-state index is -0.409. The van der Waals surface area contributed by atoms with E-state index in [1.54, 1.807) is 6.92 Å². The van der Waals surface area contributed by atoms with E-state index < -0.39 is 6.10 Å². The van der Waals surface area contributed by atoms with Crippen LogP contribution in [0.25, 0.3) is 11.1 Å². The Kier molecular flexibility index (Phi) is 9.18. The zero-order valence-electron chi connectivity index (χ0n) is 19.9. The molecule has 0 bridgehead atoms. The zero-order chi connectivity index (χ0) is 22.8. The molecule has 0 heterocycles. The van der Waals surface area contributed by atoms with Crippen molar-refractivity contribution in [3.63, 3.8) is 0 Å². The summed E-state index contributed by atoms with van der Waals surface area (Å²) in [7, 11) is 0. The van der Waals surface area contributed by atoms with Crippen LogP contribution in [-0.2, 0) is 0 Å². The summed E-state index contributed by atoms with van der Waals surface area (Å²) in [5.41, 5.74) is 3.44. The van der Waals surface area contributed by atoms with Crippen molar-refractivity contribution < 1.29 is 9.84 Å². The van der Waals surface area contributed by atoms with Crippen LogP contribution in [0.1, 0.15) is 89.5 Å². The van der Waals surface area contributed by atoms with Crippen LogP contribution in [0.15, 0.2) is 48.5 Å². The first-order valence-electron chi connectivity index (χ1n) is 12.5. The van der Waals surface area contributed by atoms with E-state index in [9.17, 15) is 10.4 Å². The molecule has 1 saturated carbocycles. The molecule has 2 aromatic rings. The third kappa shape index (κ3) is 6.84. The lowest BCUT2D eigenvalue weighted by Gasteiger charge is -2.36. The van der Waals surface area contributed by atoms with Gasteiger partial charge in [-0.2, -0.15) is 5.26 Å². The van der Waals surface area contributed by atoms with Crippen molar-refractivity contribution in [2.24, 2.45) is 5.41 Å². The Morgan fingerprint density at radius 2 is 1.56 bits per heavy atom. The Morgan fingerprint density at radius 1 is 0.969 bits per heavy atom. The Labute approximate surface area is 194 Å². The molecule has 3 rings (SSSR count). The molecule has 2 aromatic carbocycles. The first kappa shape index (κ1) is 24.3. The Morgan fingerprint density at radius 3 is 2.12 bits per heavy atom. The molecule has 32 heavy (non-hydrogen) atoms. The van der Waals surface area contributed by atoms with Crippen molar-refractivity contribution in [1.82, 2.24) is 0 Å². The van der Waals surface area contributed by atoms with Gasteiger partial charge in [0.25, 0.3) is 0 Å². The van der Waals surface area contributed by atoms with E-state index in [1.165, 1.54) is 42.4 Å². The second kappa shape index (κ2) is 12.1. The quantitative estimate of drug-likeness (QED) is 0.370. The van der Waals surface area contributed by atoms with E-state index >= 15 is 0 Å². The normalized spacial score (nSPS) is 21.6. The number of hydrogen-bond donors (Lipinski definition) is 1. The van der Waals surface area contributed by atoms with Gasteiger partial charge in [-0.1, -0.05) is 69.0 Å². The molecule has 0 aliphatic heterocycles. The maximum atomic E-state index is 9.76. The smallest absolute Gasteiger partial charge is 0.119 e. The van der Waals surface area contributed by atoms with Gasteiger partial charge in [-0.25, -0.2) is 0 Å². The predicted molar refractivity (Wildman–Crippen MR) is 132 cm³/mol. The van der Waals surface area contributed by atoms with Crippen LogP contribution in [-0.4, -0.2) is 17.8 Å². The molecular weight excluding hydrogens is 394 g/mol.